The molecule has 0 aromatic rings. The minimum atomic E-state index is -0.137. The topological polar surface area (TPSA) is 38.3 Å². The Balaban J connectivity index is 2.40. The number of hydrogen-bond acceptors (Lipinski definition) is 3. The summed E-state index contributed by atoms with van der Waals surface area (Å²) >= 11 is 0. The maximum Gasteiger partial charge on any atom is 0.322 e. The molecule has 3 nitrogen and oxygen atoms in total. The van der Waals surface area contributed by atoms with E-state index in [9.17, 15) is 4.79 Å². The Bertz CT molecular complexity index is 212. The van der Waals surface area contributed by atoms with E-state index in [1.54, 1.807) is 0 Å². The van der Waals surface area contributed by atoms with Crippen molar-refractivity contribution in [2.45, 2.75) is 64.5 Å². The number of carbonyl (C=O) groups excluding carboxylic acids is 1. The maximum atomic E-state index is 11.5. The molecule has 0 spiro atoms. The van der Waals surface area contributed by atoms with E-state index < -0.39 is 0 Å². The summed E-state index contributed by atoms with van der Waals surface area (Å²) in [7, 11) is 1.46. The van der Waals surface area contributed by atoms with Gasteiger partial charge < -0.3 is 10.1 Å². The third-order valence-corrected chi connectivity index (χ3v) is 3.71. The molecule has 1 aliphatic rings. The van der Waals surface area contributed by atoms with E-state index in [1.807, 2.05) is 6.92 Å². The van der Waals surface area contributed by atoms with Crippen LogP contribution in [0.3, 0.4) is 0 Å². The predicted octanol–water partition coefficient (Wildman–Crippen LogP) is 2.50. The Morgan fingerprint density at radius 1 is 1.38 bits per heavy atom. The first-order valence-corrected chi connectivity index (χ1v) is 6.53. The standard InChI is InChI=1S/C13H25NO2/c1-4-12(13(15)16-3)14-10(2)11-8-6-5-7-9-11/h10-12,14H,4-9H2,1-3H3. The molecule has 1 rings (SSSR count). The number of nitrogens with one attached hydrogen (secondary N) is 1. The van der Waals surface area contributed by atoms with Crippen LogP contribution in [0.5, 0.6) is 0 Å². The van der Waals surface area contributed by atoms with Gasteiger partial charge in [0.25, 0.3) is 0 Å². The monoisotopic (exact) mass is 227 g/mol. The van der Waals surface area contributed by atoms with Crippen LogP contribution in [-0.2, 0) is 9.53 Å². The highest BCUT2D eigenvalue weighted by Crippen LogP contribution is 2.26. The number of esters is 1. The van der Waals surface area contributed by atoms with Crippen LogP contribution in [0, 0.1) is 5.92 Å². The molecule has 2 atom stereocenters. The lowest BCUT2D eigenvalue weighted by atomic mass is 9.84. The van der Waals surface area contributed by atoms with Crippen LogP contribution in [0.15, 0.2) is 0 Å². The molecule has 3 heteroatoms. The van der Waals surface area contributed by atoms with Crippen molar-refractivity contribution < 1.29 is 9.53 Å². The molecule has 0 aromatic heterocycles. The van der Waals surface area contributed by atoms with Crippen LogP contribution in [0.25, 0.3) is 0 Å². The molecule has 94 valence electrons. The number of hydrogen-bond donors (Lipinski definition) is 1. The fourth-order valence-electron chi connectivity index (χ4n) is 2.58. The zero-order chi connectivity index (χ0) is 12.0. The molecule has 0 aromatic carbocycles. The normalized spacial score (nSPS) is 21.4. The van der Waals surface area contributed by atoms with Crippen LogP contribution < -0.4 is 5.32 Å². The van der Waals surface area contributed by atoms with Gasteiger partial charge in [0.1, 0.15) is 6.04 Å². The summed E-state index contributed by atoms with van der Waals surface area (Å²) in [6.07, 6.45) is 7.44. The first-order valence-electron chi connectivity index (χ1n) is 6.53. The lowest BCUT2D eigenvalue weighted by molar-refractivity contribution is -0.143. The Hall–Kier alpha value is -0.570. The van der Waals surface area contributed by atoms with Crippen molar-refractivity contribution in [3.63, 3.8) is 0 Å². The van der Waals surface area contributed by atoms with Gasteiger partial charge in [0, 0.05) is 6.04 Å². The van der Waals surface area contributed by atoms with Crippen LogP contribution in [0.2, 0.25) is 0 Å². The minimum absolute atomic E-state index is 0.134. The zero-order valence-corrected chi connectivity index (χ0v) is 10.8. The quantitative estimate of drug-likeness (QED) is 0.733. The van der Waals surface area contributed by atoms with Gasteiger partial charge in [-0.2, -0.15) is 0 Å². The molecule has 1 fully saturated rings. The van der Waals surface area contributed by atoms with Crippen molar-refractivity contribution in [3.8, 4) is 0 Å². The van der Waals surface area contributed by atoms with Gasteiger partial charge in [-0.05, 0) is 32.1 Å². The van der Waals surface area contributed by atoms with Crippen molar-refractivity contribution in [1.82, 2.24) is 5.32 Å². The lowest BCUT2D eigenvalue weighted by Crippen LogP contribution is -2.45. The van der Waals surface area contributed by atoms with Crippen molar-refractivity contribution in [2.75, 3.05) is 7.11 Å². The average Bonchev–Trinajstić information content (AvgIpc) is 2.35. The molecule has 0 saturated heterocycles. The number of carbonyl (C=O) groups is 1. The summed E-state index contributed by atoms with van der Waals surface area (Å²) in [4.78, 5) is 11.5. The average molecular weight is 227 g/mol. The summed E-state index contributed by atoms with van der Waals surface area (Å²) in [5.41, 5.74) is 0. The van der Waals surface area contributed by atoms with Gasteiger partial charge >= 0.3 is 5.97 Å². The van der Waals surface area contributed by atoms with E-state index >= 15 is 0 Å². The van der Waals surface area contributed by atoms with Gasteiger partial charge in [-0.3, -0.25) is 4.79 Å². The SMILES string of the molecule is CCC(NC(C)C1CCCCC1)C(=O)OC. The first kappa shape index (κ1) is 13.5. The van der Waals surface area contributed by atoms with E-state index in [1.165, 1.54) is 39.2 Å². The van der Waals surface area contributed by atoms with Gasteiger partial charge in [0.2, 0.25) is 0 Å². The second kappa shape index (κ2) is 6.89. The van der Waals surface area contributed by atoms with Crippen molar-refractivity contribution in [3.05, 3.63) is 0 Å². The number of rotatable bonds is 5. The second-order valence-corrected chi connectivity index (χ2v) is 4.84. The Labute approximate surface area is 98.9 Å². The van der Waals surface area contributed by atoms with Gasteiger partial charge in [0.05, 0.1) is 7.11 Å². The van der Waals surface area contributed by atoms with Crippen LogP contribution in [0.1, 0.15) is 52.4 Å². The predicted molar refractivity (Wildman–Crippen MR) is 65.3 cm³/mol. The molecule has 1 aliphatic carbocycles. The largest absolute Gasteiger partial charge is 0.468 e. The van der Waals surface area contributed by atoms with Gasteiger partial charge in [-0.1, -0.05) is 26.2 Å². The van der Waals surface area contributed by atoms with E-state index in [2.05, 4.69) is 12.2 Å². The van der Waals surface area contributed by atoms with Crippen molar-refractivity contribution >= 4 is 5.97 Å². The molecule has 0 amide bonds. The van der Waals surface area contributed by atoms with E-state index in [0.29, 0.717) is 6.04 Å². The van der Waals surface area contributed by atoms with E-state index in [-0.39, 0.29) is 12.0 Å². The molecule has 1 N–H and O–H groups in total. The summed E-state index contributed by atoms with van der Waals surface area (Å²) in [5, 5.41) is 3.41. The zero-order valence-electron chi connectivity index (χ0n) is 10.8. The summed E-state index contributed by atoms with van der Waals surface area (Å²) in [6.45, 7) is 4.21. The molecule has 2 unspecified atom stereocenters. The molecule has 16 heavy (non-hydrogen) atoms. The fourth-order valence-corrected chi connectivity index (χ4v) is 2.58. The van der Waals surface area contributed by atoms with Gasteiger partial charge in [-0.25, -0.2) is 0 Å². The summed E-state index contributed by atoms with van der Waals surface area (Å²) in [5.74, 6) is 0.595. The molecular weight excluding hydrogens is 202 g/mol. The molecule has 0 bridgehead atoms. The minimum Gasteiger partial charge on any atom is -0.468 e. The Morgan fingerprint density at radius 3 is 2.50 bits per heavy atom. The molecular formula is C13H25NO2. The molecule has 1 saturated carbocycles. The molecule has 0 aliphatic heterocycles. The maximum absolute atomic E-state index is 11.5. The highest BCUT2D eigenvalue weighted by Gasteiger charge is 2.25. The van der Waals surface area contributed by atoms with Crippen molar-refractivity contribution in [2.24, 2.45) is 5.92 Å². The van der Waals surface area contributed by atoms with Gasteiger partial charge in [0.15, 0.2) is 0 Å². The first-order chi connectivity index (χ1) is 7.69. The molecule has 0 heterocycles. The van der Waals surface area contributed by atoms with E-state index in [4.69, 9.17) is 4.74 Å². The highest BCUT2D eigenvalue weighted by atomic mass is 16.5. The Morgan fingerprint density at radius 2 is 2.00 bits per heavy atom. The van der Waals surface area contributed by atoms with Crippen molar-refractivity contribution in [1.29, 1.82) is 0 Å². The highest BCUT2D eigenvalue weighted by molar-refractivity contribution is 5.75. The fraction of sp³-hybridized carbons (Fsp3) is 0.923. The van der Waals surface area contributed by atoms with E-state index in [0.717, 1.165) is 12.3 Å². The van der Waals surface area contributed by atoms with Crippen LogP contribution in [0.4, 0.5) is 0 Å². The lowest BCUT2D eigenvalue weighted by Gasteiger charge is -2.30. The molecule has 0 radical (unpaired) electrons. The second-order valence-electron chi connectivity index (χ2n) is 4.84. The van der Waals surface area contributed by atoms with Crippen LogP contribution in [-0.4, -0.2) is 25.2 Å². The van der Waals surface area contributed by atoms with Gasteiger partial charge in [-0.15, -0.1) is 0 Å². The smallest absolute Gasteiger partial charge is 0.322 e. The number of ether oxygens (including phenoxy) is 1. The van der Waals surface area contributed by atoms with Crippen LogP contribution >= 0.6 is 0 Å². The third-order valence-electron chi connectivity index (χ3n) is 3.71. The third kappa shape index (κ3) is 3.78. The summed E-state index contributed by atoms with van der Waals surface area (Å²) in [6, 6.07) is 0.284. The number of methoxy groups -OCH3 is 1. The summed E-state index contributed by atoms with van der Waals surface area (Å²) < 4.78 is 4.79. The Kier molecular flexibility index (Phi) is 5.81.